The van der Waals surface area contributed by atoms with E-state index in [4.69, 9.17) is 4.74 Å². The van der Waals surface area contributed by atoms with E-state index in [1.807, 2.05) is 0 Å². The smallest absolute Gasteiger partial charge is 0.122 e. The largest absolute Gasteiger partial charge is 0.496 e. The van der Waals surface area contributed by atoms with Gasteiger partial charge in [0, 0.05) is 11.2 Å². The third-order valence-electron chi connectivity index (χ3n) is 3.39. The third kappa shape index (κ3) is 1.89. The summed E-state index contributed by atoms with van der Waals surface area (Å²) in [6, 6.07) is 4.38. The summed E-state index contributed by atoms with van der Waals surface area (Å²) in [4.78, 5) is 0. The summed E-state index contributed by atoms with van der Waals surface area (Å²) in [6.45, 7) is 8.89. The van der Waals surface area contributed by atoms with Crippen molar-refractivity contribution >= 4 is 5.69 Å². The van der Waals surface area contributed by atoms with Crippen LogP contribution < -0.4 is 10.1 Å². The number of aryl methyl sites for hydroxylation is 1. The van der Waals surface area contributed by atoms with Gasteiger partial charge in [-0.25, -0.2) is 0 Å². The molecule has 2 rings (SSSR count). The molecule has 1 aromatic rings. The maximum Gasteiger partial charge on any atom is 0.122 e. The molecule has 0 fully saturated rings. The fourth-order valence-electron chi connectivity index (χ4n) is 2.73. The number of hydrogen-bond acceptors (Lipinski definition) is 2. The molecule has 16 heavy (non-hydrogen) atoms. The van der Waals surface area contributed by atoms with Crippen LogP contribution in [0.3, 0.4) is 0 Å². The molecule has 1 N–H and O–H groups in total. The van der Waals surface area contributed by atoms with E-state index in [9.17, 15) is 0 Å². The second-order valence-corrected chi connectivity index (χ2v) is 5.52. The summed E-state index contributed by atoms with van der Waals surface area (Å²) >= 11 is 0. The molecule has 0 saturated carbocycles. The van der Waals surface area contributed by atoms with E-state index in [0.717, 1.165) is 12.2 Å². The molecule has 1 aromatic carbocycles. The average molecular weight is 219 g/mol. The number of nitrogens with one attached hydrogen (secondary N) is 1. The molecule has 0 bridgehead atoms. The molecular formula is C14H21NO. The first-order chi connectivity index (χ1) is 7.43. The number of ether oxygens (including phenoxy) is 1. The molecule has 0 amide bonds. The standard InChI is InChI=1S/C14H21NO/c1-9-6-12-11(7-13(9)16-5)10(2)8-14(3,4)15-12/h6-7,10,15H,8H2,1-5H3. The lowest BCUT2D eigenvalue weighted by molar-refractivity contribution is 0.407. The van der Waals surface area contributed by atoms with E-state index < -0.39 is 0 Å². The van der Waals surface area contributed by atoms with E-state index >= 15 is 0 Å². The molecule has 0 aromatic heterocycles. The highest BCUT2D eigenvalue weighted by Crippen LogP contribution is 2.41. The summed E-state index contributed by atoms with van der Waals surface area (Å²) in [5.74, 6) is 1.58. The van der Waals surface area contributed by atoms with Gasteiger partial charge in [-0.15, -0.1) is 0 Å². The van der Waals surface area contributed by atoms with E-state index in [-0.39, 0.29) is 5.54 Å². The van der Waals surface area contributed by atoms with Crippen molar-refractivity contribution in [3.8, 4) is 5.75 Å². The minimum absolute atomic E-state index is 0.188. The molecule has 0 saturated heterocycles. The van der Waals surface area contributed by atoms with Gasteiger partial charge in [0.15, 0.2) is 0 Å². The topological polar surface area (TPSA) is 21.3 Å². The van der Waals surface area contributed by atoms with Crippen molar-refractivity contribution in [1.29, 1.82) is 0 Å². The Morgan fingerprint density at radius 2 is 2.06 bits per heavy atom. The highest BCUT2D eigenvalue weighted by atomic mass is 16.5. The van der Waals surface area contributed by atoms with Crippen LogP contribution >= 0.6 is 0 Å². The molecule has 0 radical (unpaired) electrons. The van der Waals surface area contributed by atoms with Gasteiger partial charge in [0.1, 0.15) is 5.75 Å². The summed E-state index contributed by atoms with van der Waals surface area (Å²) in [5.41, 5.74) is 4.02. The second kappa shape index (κ2) is 3.69. The van der Waals surface area contributed by atoms with E-state index in [1.54, 1.807) is 7.11 Å². The molecule has 0 spiro atoms. The van der Waals surface area contributed by atoms with Gasteiger partial charge >= 0.3 is 0 Å². The van der Waals surface area contributed by atoms with Gasteiger partial charge in [-0.05, 0) is 56.4 Å². The van der Waals surface area contributed by atoms with Crippen molar-refractivity contribution in [2.45, 2.75) is 45.6 Å². The minimum atomic E-state index is 0.188. The van der Waals surface area contributed by atoms with Gasteiger partial charge in [-0.2, -0.15) is 0 Å². The van der Waals surface area contributed by atoms with Gasteiger partial charge in [0.2, 0.25) is 0 Å². The van der Waals surface area contributed by atoms with Crippen LogP contribution in [0.25, 0.3) is 0 Å². The molecule has 2 heteroatoms. The second-order valence-electron chi connectivity index (χ2n) is 5.52. The average Bonchev–Trinajstić information content (AvgIpc) is 2.14. The fourth-order valence-corrected chi connectivity index (χ4v) is 2.73. The van der Waals surface area contributed by atoms with Crippen LogP contribution in [0, 0.1) is 6.92 Å². The van der Waals surface area contributed by atoms with Crippen LogP contribution in [-0.2, 0) is 0 Å². The molecule has 1 aliphatic rings. The highest BCUT2D eigenvalue weighted by Gasteiger charge is 2.29. The summed E-state index contributed by atoms with van der Waals surface area (Å²) < 4.78 is 5.38. The SMILES string of the molecule is COc1cc2c(cc1C)NC(C)(C)CC2C. The number of fused-ring (bicyclic) bond motifs is 1. The van der Waals surface area contributed by atoms with Crippen LogP contribution in [0.5, 0.6) is 5.75 Å². The Balaban J connectivity index is 2.49. The van der Waals surface area contributed by atoms with Gasteiger partial charge in [0.25, 0.3) is 0 Å². The summed E-state index contributed by atoms with van der Waals surface area (Å²) in [6.07, 6.45) is 1.16. The highest BCUT2D eigenvalue weighted by molar-refractivity contribution is 5.61. The van der Waals surface area contributed by atoms with Crippen molar-refractivity contribution < 1.29 is 4.74 Å². The Bertz CT molecular complexity index is 409. The lowest BCUT2D eigenvalue weighted by Gasteiger charge is -2.38. The quantitative estimate of drug-likeness (QED) is 0.777. The van der Waals surface area contributed by atoms with Gasteiger partial charge < -0.3 is 10.1 Å². The molecule has 1 unspecified atom stereocenters. The number of methoxy groups -OCH3 is 1. The zero-order chi connectivity index (χ0) is 11.9. The molecule has 1 atom stereocenters. The Morgan fingerprint density at radius 3 is 2.69 bits per heavy atom. The lowest BCUT2D eigenvalue weighted by Crippen LogP contribution is -2.36. The molecule has 88 valence electrons. The Kier molecular flexibility index (Phi) is 2.61. The monoisotopic (exact) mass is 219 g/mol. The van der Waals surface area contributed by atoms with E-state index in [2.05, 4.69) is 45.1 Å². The van der Waals surface area contributed by atoms with Crippen LogP contribution in [-0.4, -0.2) is 12.6 Å². The van der Waals surface area contributed by atoms with Crippen molar-refractivity contribution in [3.63, 3.8) is 0 Å². The molecule has 0 aliphatic carbocycles. The first-order valence-electron chi connectivity index (χ1n) is 5.89. The lowest BCUT2D eigenvalue weighted by atomic mass is 9.81. The van der Waals surface area contributed by atoms with E-state index in [1.165, 1.54) is 16.8 Å². The minimum Gasteiger partial charge on any atom is -0.496 e. The number of rotatable bonds is 1. The van der Waals surface area contributed by atoms with Crippen molar-refractivity contribution in [3.05, 3.63) is 23.3 Å². The van der Waals surface area contributed by atoms with Gasteiger partial charge in [0.05, 0.1) is 7.11 Å². The van der Waals surface area contributed by atoms with Gasteiger partial charge in [-0.3, -0.25) is 0 Å². The normalized spacial score (nSPS) is 22.2. The van der Waals surface area contributed by atoms with Gasteiger partial charge in [-0.1, -0.05) is 6.92 Å². The van der Waals surface area contributed by atoms with Crippen LogP contribution in [0.4, 0.5) is 5.69 Å². The first kappa shape index (κ1) is 11.3. The molecule has 1 aliphatic heterocycles. The Labute approximate surface area is 98.0 Å². The first-order valence-corrected chi connectivity index (χ1v) is 5.89. The maximum absolute atomic E-state index is 5.38. The summed E-state index contributed by atoms with van der Waals surface area (Å²) in [7, 11) is 1.74. The van der Waals surface area contributed by atoms with Crippen molar-refractivity contribution in [2.24, 2.45) is 0 Å². The van der Waals surface area contributed by atoms with Crippen molar-refractivity contribution in [2.75, 3.05) is 12.4 Å². The molecule has 2 nitrogen and oxygen atoms in total. The van der Waals surface area contributed by atoms with Crippen LogP contribution in [0.2, 0.25) is 0 Å². The van der Waals surface area contributed by atoms with Crippen molar-refractivity contribution in [1.82, 2.24) is 0 Å². The fraction of sp³-hybridized carbons (Fsp3) is 0.571. The molecule has 1 heterocycles. The van der Waals surface area contributed by atoms with E-state index in [0.29, 0.717) is 5.92 Å². The summed E-state index contributed by atoms with van der Waals surface area (Å²) in [5, 5.41) is 3.60. The Morgan fingerprint density at radius 1 is 1.38 bits per heavy atom. The third-order valence-corrected chi connectivity index (χ3v) is 3.39. The molecular weight excluding hydrogens is 198 g/mol. The maximum atomic E-state index is 5.38. The zero-order valence-corrected chi connectivity index (χ0v) is 10.8. The zero-order valence-electron chi connectivity index (χ0n) is 10.8. The number of hydrogen-bond donors (Lipinski definition) is 1. The number of anilines is 1. The van der Waals surface area contributed by atoms with Crippen LogP contribution in [0.1, 0.15) is 44.2 Å². The Hall–Kier alpha value is -1.18. The van der Waals surface area contributed by atoms with Crippen LogP contribution in [0.15, 0.2) is 12.1 Å². The predicted octanol–water partition coefficient (Wildman–Crippen LogP) is 3.70. The predicted molar refractivity (Wildman–Crippen MR) is 68.5 cm³/mol. The number of benzene rings is 1.